The van der Waals surface area contributed by atoms with E-state index in [4.69, 9.17) is 13.5 Å². The maximum Gasteiger partial charge on any atom is 0.331 e. The van der Waals surface area contributed by atoms with Crippen LogP contribution in [-0.4, -0.2) is 34.3 Å². The molecule has 2 aromatic rings. The summed E-state index contributed by atoms with van der Waals surface area (Å²) in [6.45, 7) is 11.4. The first-order chi connectivity index (χ1) is 14.8. The summed E-state index contributed by atoms with van der Waals surface area (Å²) in [5, 5.41) is 2.37. The lowest BCUT2D eigenvalue weighted by atomic mass is 10.2. The van der Waals surface area contributed by atoms with Crippen molar-refractivity contribution in [3.8, 4) is 11.8 Å². The summed E-state index contributed by atoms with van der Waals surface area (Å²) in [7, 11) is -5.64. The Balaban J connectivity index is 2.23. The second-order valence-electron chi connectivity index (χ2n) is 8.23. The van der Waals surface area contributed by atoms with Crippen molar-refractivity contribution < 1.29 is 18.0 Å². The Morgan fingerprint density at radius 1 is 0.839 bits per heavy atom. The SMILES string of the molecule is CCOP(=O)(CCC#CCO[Si](c1ccccc1)(c1ccccc1)C(C)(C)C)OCC. The summed E-state index contributed by atoms with van der Waals surface area (Å²) in [5.41, 5.74) is 0. The van der Waals surface area contributed by atoms with Gasteiger partial charge in [-0.05, 0) is 29.3 Å². The maximum absolute atomic E-state index is 12.6. The Labute approximate surface area is 189 Å². The summed E-state index contributed by atoms with van der Waals surface area (Å²) < 4.78 is 30.0. The average Bonchev–Trinajstić information content (AvgIpc) is 2.74. The van der Waals surface area contributed by atoms with Gasteiger partial charge in [-0.15, -0.1) is 5.92 Å². The van der Waals surface area contributed by atoms with Gasteiger partial charge in [-0.3, -0.25) is 4.57 Å². The standard InChI is InChI=1S/C25H35O4PSi/c1-6-27-30(26,28-7-2)22-16-10-15-21-29-31(25(3,4)5,23-17-11-8-12-18-23)24-19-13-9-14-20-24/h8-9,11-14,17-20H,6-7,16,21-22H2,1-5H3. The van der Waals surface area contributed by atoms with Crippen LogP contribution in [0.15, 0.2) is 60.7 Å². The lowest BCUT2D eigenvalue weighted by Crippen LogP contribution is -2.66. The van der Waals surface area contributed by atoms with Crippen molar-refractivity contribution in [3.05, 3.63) is 60.7 Å². The Morgan fingerprint density at radius 3 is 1.74 bits per heavy atom. The van der Waals surface area contributed by atoms with E-state index in [1.807, 2.05) is 26.0 Å². The number of hydrogen-bond donors (Lipinski definition) is 0. The third-order valence-corrected chi connectivity index (χ3v) is 12.1. The minimum atomic E-state index is -3.06. The van der Waals surface area contributed by atoms with Crippen molar-refractivity contribution in [3.63, 3.8) is 0 Å². The summed E-state index contributed by atoms with van der Waals surface area (Å²) >= 11 is 0. The highest BCUT2D eigenvalue weighted by Gasteiger charge is 2.49. The Hall–Kier alpha value is -1.67. The molecule has 2 aromatic carbocycles. The van der Waals surface area contributed by atoms with Gasteiger partial charge in [-0.2, -0.15) is 0 Å². The van der Waals surface area contributed by atoms with E-state index in [0.29, 0.717) is 32.4 Å². The van der Waals surface area contributed by atoms with Crippen LogP contribution in [0.2, 0.25) is 5.04 Å². The summed E-state index contributed by atoms with van der Waals surface area (Å²) in [6, 6.07) is 21.0. The Bertz CT molecular complexity index is 848. The second kappa shape index (κ2) is 11.8. The molecule has 2 rings (SSSR count). The molecular formula is C25H35O4PSi. The molecule has 6 heteroatoms. The molecule has 0 atom stereocenters. The predicted octanol–water partition coefficient (Wildman–Crippen LogP) is 5.22. The zero-order valence-electron chi connectivity index (χ0n) is 19.4. The van der Waals surface area contributed by atoms with E-state index < -0.39 is 15.9 Å². The Morgan fingerprint density at radius 2 is 1.32 bits per heavy atom. The zero-order chi connectivity index (χ0) is 22.8. The van der Waals surface area contributed by atoms with Crippen molar-refractivity contribution in [2.24, 2.45) is 0 Å². The Kier molecular flexibility index (Phi) is 9.75. The first kappa shape index (κ1) is 25.6. The molecule has 31 heavy (non-hydrogen) atoms. The van der Waals surface area contributed by atoms with E-state index in [0.717, 1.165) is 0 Å². The lowest BCUT2D eigenvalue weighted by Gasteiger charge is -2.42. The molecule has 0 heterocycles. The molecule has 0 spiro atoms. The second-order valence-corrected chi connectivity index (χ2v) is 14.7. The largest absolute Gasteiger partial charge is 0.396 e. The van der Waals surface area contributed by atoms with E-state index >= 15 is 0 Å². The normalized spacial score (nSPS) is 12.3. The van der Waals surface area contributed by atoms with Crippen molar-refractivity contribution in [2.75, 3.05) is 26.0 Å². The molecule has 0 aliphatic heterocycles. The molecular weight excluding hydrogens is 423 g/mol. The van der Waals surface area contributed by atoms with Gasteiger partial charge in [0.15, 0.2) is 0 Å². The highest BCUT2D eigenvalue weighted by atomic mass is 31.2. The molecule has 0 aliphatic carbocycles. The zero-order valence-corrected chi connectivity index (χ0v) is 21.3. The van der Waals surface area contributed by atoms with Gasteiger partial charge in [0.25, 0.3) is 8.32 Å². The van der Waals surface area contributed by atoms with Crippen LogP contribution in [0, 0.1) is 11.8 Å². The molecule has 0 saturated heterocycles. The maximum atomic E-state index is 12.6. The van der Waals surface area contributed by atoms with E-state index in [-0.39, 0.29) is 5.04 Å². The summed E-state index contributed by atoms with van der Waals surface area (Å²) in [6.07, 6.45) is 0.738. The molecule has 0 fully saturated rings. The topological polar surface area (TPSA) is 44.8 Å². The van der Waals surface area contributed by atoms with Gasteiger partial charge in [0.2, 0.25) is 0 Å². The van der Waals surface area contributed by atoms with E-state index in [2.05, 4.69) is 81.1 Å². The first-order valence-corrected chi connectivity index (χ1v) is 14.5. The molecule has 4 nitrogen and oxygen atoms in total. The van der Waals surface area contributed by atoms with Gasteiger partial charge in [0, 0.05) is 6.42 Å². The van der Waals surface area contributed by atoms with Gasteiger partial charge < -0.3 is 13.5 Å². The van der Waals surface area contributed by atoms with Gasteiger partial charge in [0.1, 0.15) is 0 Å². The summed E-state index contributed by atoms with van der Waals surface area (Å²) in [5.74, 6) is 6.24. The number of benzene rings is 2. The van der Waals surface area contributed by atoms with E-state index in [1.165, 1.54) is 10.4 Å². The lowest BCUT2D eigenvalue weighted by molar-refractivity contribution is 0.220. The van der Waals surface area contributed by atoms with Crippen LogP contribution < -0.4 is 10.4 Å². The minimum absolute atomic E-state index is 0.0863. The molecule has 0 unspecified atom stereocenters. The van der Waals surface area contributed by atoms with Crippen LogP contribution in [0.25, 0.3) is 0 Å². The van der Waals surface area contributed by atoms with Crippen LogP contribution >= 0.6 is 7.60 Å². The van der Waals surface area contributed by atoms with Crippen molar-refractivity contribution in [1.29, 1.82) is 0 Å². The predicted molar refractivity (Wildman–Crippen MR) is 132 cm³/mol. The molecule has 0 amide bonds. The van der Waals surface area contributed by atoms with Gasteiger partial charge in [-0.1, -0.05) is 87.4 Å². The van der Waals surface area contributed by atoms with Gasteiger partial charge in [0.05, 0.1) is 26.0 Å². The monoisotopic (exact) mass is 458 g/mol. The van der Waals surface area contributed by atoms with E-state index in [9.17, 15) is 4.57 Å². The molecule has 0 aromatic heterocycles. The molecule has 0 saturated carbocycles. The highest BCUT2D eigenvalue weighted by Crippen LogP contribution is 2.48. The quantitative estimate of drug-likeness (QED) is 0.278. The van der Waals surface area contributed by atoms with Crippen molar-refractivity contribution >= 4 is 26.3 Å². The molecule has 0 aliphatic rings. The fourth-order valence-electron chi connectivity index (χ4n) is 3.80. The number of hydrogen-bond acceptors (Lipinski definition) is 4. The van der Waals surface area contributed by atoms with Crippen LogP contribution in [0.1, 0.15) is 41.0 Å². The minimum Gasteiger partial charge on any atom is -0.396 e. The van der Waals surface area contributed by atoms with Crippen LogP contribution in [0.4, 0.5) is 0 Å². The molecule has 0 N–H and O–H groups in total. The third-order valence-electron chi connectivity index (χ3n) is 5.06. The first-order valence-electron chi connectivity index (χ1n) is 10.9. The highest BCUT2D eigenvalue weighted by molar-refractivity contribution is 7.53. The van der Waals surface area contributed by atoms with Crippen molar-refractivity contribution in [2.45, 2.75) is 46.1 Å². The average molecular weight is 459 g/mol. The molecule has 168 valence electrons. The third kappa shape index (κ3) is 6.65. The summed E-state index contributed by atoms with van der Waals surface area (Å²) in [4.78, 5) is 0. The van der Waals surface area contributed by atoms with E-state index in [1.54, 1.807) is 0 Å². The fourth-order valence-corrected chi connectivity index (χ4v) is 9.75. The number of rotatable bonds is 10. The van der Waals surface area contributed by atoms with Crippen molar-refractivity contribution in [1.82, 2.24) is 0 Å². The van der Waals surface area contributed by atoms with Crippen LogP contribution in [-0.2, 0) is 18.0 Å². The van der Waals surface area contributed by atoms with Gasteiger partial charge in [-0.25, -0.2) is 0 Å². The fraction of sp³-hybridized carbons (Fsp3) is 0.440. The van der Waals surface area contributed by atoms with Crippen LogP contribution in [0.3, 0.4) is 0 Å². The molecule has 0 radical (unpaired) electrons. The molecule has 0 bridgehead atoms. The van der Waals surface area contributed by atoms with Crippen LogP contribution in [0.5, 0.6) is 0 Å². The van der Waals surface area contributed by atoms with Gasteiger partial charge >= 0.3 is 7.60 Å². The smallest absolute Gasteiger partial charge is 0.331 e.